The van der Waals surface area contributed by atoms with Crippen molar-refractivity contribution >= 4 is 21.4 Å². The lowest BCUT2D eigenvalue weighted by molar-refractivity contribution is 0.828. The first-order valence-corrected chi connectivity index (χ1v) is 6.22. The number of nitrogens with two attached hydrogens (primary N) is 1. The summed E-state index contributed by atoms with van der Waals surface area (Å²) in [6.07, 6.45) is 3.25. The van der Waals surface area contributed by atoms with Gasteiger partial charge in [0, 0.05) is 10.9 Å². The van der Waals surface area contributed by atoms with E-state index in [0.29, 0.717) is 0 Å². The SMILES string of the molecule is NC(c1ccncn1)c1cccc2ccsc12. The molecule has 2 aromatic heterocycles. The Kier molecular flexibility index (Phi) is 2.59. The topological polar surface area (TPSA) is 51.8 Å². The fourth-order valence-corrected chi connectivity index (χ4v) is 2.86. The van der Waals surface area contributed by atoms with E-state index in [-0.39, 0.29) is 6.04 Å². The third-order valence-electron chi connectivity index (χ3n) is 2.77. The van der Waals surface area contributed by atoms with Crippen LogP contribution in [0.4, 0.5) is 0 Å². The van der Waals surface area contributed by atoms with Crippen LogP contribution in [-0.2, 0) is 0 Å². The van der Waals surface area contributed by atoms with Gasteiger partial charge in [-0.15, -0.1) is 11.3 Å². The first kappa shape index (κ1) is 10.4. The molecule has 0 spiro atoms. The molecule has 2 heterocycles. The Labute approximate surface area is 103 Å². The summed E-state index contributed by atoms with van der Waals surface area (Å²) in [5, 5.41) is 3.32. The first-order chi connectivity index (χ1) is 8.36. The van der Waals surface area contributed by atoms with Crippen molar-refractivity contribution in [2.24, 2.45) is 5.73 Å². The summed E-state index contributed by atoms with van der Waals surface area (Å²) in [4.78, 5) is 8.12. The molecular weight excluding hydrogens is 230 g/mol. The van der Waals surface area contributed by atoms with E-state index in [9.17, 15) is 0 Å². The van der Waals surface area contributed by atoms with Gasteiger partial charge in [0.25, 0.3) is 0 Å². The minimum absolute atomic E-state index is 0.194. The van der Waals surface area contributed by atoms with Crippen molar-refractivity contribution in [3.63, 3.8) is 0 Å². The third kappa shape index (κ3) is 1.81. The Morgan fingerprint density at radius 2 is 2.12 bits per heavy atom. The van der Waals surface area contributed by atoms with Gasteiger partial charge in [0.05, 0.1) is 11.7 Å². The number of hydrogen-bond donors (Lipinski definition) is 1. The van der Waals surface area contributed by atoms with Gasteiger partial charge in [-0.1, -0.05) is 18.2 Å². The number of hydrogen-bond acceptors (Lipinski definition) is 4. The molecule has 4 heteroatoms. The van der Waals surface area contributed by atoms with Crippen LogP contribution in [-0.4, -0.2) is 9.97 Å². The zero-order valence-corrected chi connectivity index (χ0v) is 9.89. The van der Waals surface area contributed by atoms with E-state index < -0.39 is 0 Å². The van der Waals surface area contributed by atoms with E-state index in [1.165, 1.54) is 16.4 Å². The monoisotopic (exact) mass is 241 g/mol. The summed E-state index contributed by atoms with van der Waals surface area (Å²) >= 11 is 1.71. The molecule has 84 valence electrons. The largest absolute Gasteiger partial charge is 0.319 e. The Hall–Kier alpha value is -1.78. The molecule has 0 bridgehead atoms. The molecular formula is C13H11N3S. The Morgan fingerprint density at radius 1 is 1.18 bits per heavy atom. The van der Waals surface area contributed by atoms with Crippen molar-refractivity contribution in [3.8, 4) is 0 Å². The van der Waals surface area contributed by atoms with Crippen molar-refractivity contribution in [1.82, 2.24) is 9.97 Å². The molecule has 1 unspecified atom stereocenters. The maximum absolute atomic E-state index is 6.26. The van der Waals surface area contributed by atoms with Crippen molar-refractivity contribution in [2.45, 2.75) is 6.04 Å². The highest BCUT2D eigenvalue weighted by Gasteiger charge is 2.13. The highest BCUT2D eigenvalue weighted by atomic mass is 32.1. The summed E-state index contributed by atoms with van der Waals surface area (Å²) in [5.41, 5.74) is 8.23. The van der Waals surface area contributed by atoms with Crippen molar-refractivity contribution in [1.29, 1.82) is 0 Å². The third-order valence-corrected chi connectivity index (χ3v) is 3.75. The molecule has 0 amide bonds. The van der Waals surface area contributed by atoms with Crippen LogP contribution >= 0.6 is 11.3 Å². The summed E-state index contributed by atoms with van der Waals surface area (Å²) < 4.78 is 1.23. The molecule has 0 saturated carbocycles. The maximum Gasteiger partial charge on any atom is 0.115 e. The summed E-state index contributed by atoms with van der Waals surface area (Å²) in [7, 11) is 0. The molecule has 0 saturated heterocycles. The maximum atomic E-state index is 6.26. The minimum Gasteiger partial charge on any atom is -0.319 e. The predicted octanol–water partition coefficient (Wildman–Crippen LogP) is 2.74. The zero-order chi connectivity index (χ0) is 11.7. The molecule has 3 rings (SSSR count). The quantitative estimate of drug-likeness (QED) is 0.750. The van der Waals surface area contributed by atoms with Crippen molar-refractivity contribution in [2.75, 3.05) is 0 Å². The number of aromatic nitrogens is 2. The van der Waals surface area contributed by atoms with Crippen LogP contribution in [0.1, 0.15) is 17.3 Å². The van der Waals surface area contributed by atoms with Crippen LogP contribution in [0.25, 0.3) is 10.1 Å². The molecule has 1 aromatic carbocycles. The smallest absolute Gasteiger partial charge is 0.115 e. The van der Waals surface area contributed by atoms with Gasteiger partial charge in [0.2, 0.25) is 0 Å². The lowest BCUT2D eigenvalue weighted by Crippen LogP contribution is -2.13. The second kappa shape index (κ2) is 4.24. The van der Waals surface area contributed by atoms with Gasteiger partial charge in [-0.25, -0.2) is 9.97 Å². The Balaban J connectivity index is 2.13. The van der Waals surface area contributed by atoms with E-state index in [1.54, 1.807) is 17.5 Å². The van der Waals surface area contributed by atoms with E-state index in [4.69, 9.17) is 5.73 Å². The molecule has 0 fully saturated rings. The van der Waals surface area contributed by atoms with E-state index >= 15 is 0 Å². The predicted molar refractivity (Wildman–Crippen MR) is 69.9 cm³/mol. The Morgan fingerprint density at radius 3 is 2.94 bits per heavy atom. The van der Waals surface area contributed by atoms with Gasteiger partial charge in [0.15, 0.2) is 0 Å². The number of nitrogens with zero attached hydrogens (tertiary/aromatic N) is 2. The van der Waals surface area contributed by atoms with Crippen molar-refractivity contribution < 1.29 is 0 Å². The highest BCUT2D eigenvalue weighted by molar-refractivity contribution is 7.17. The van der Waals surface area contributed by atoms with Gasteiger partial charge < -0.3 is 5.73 Å². The Bertz CT molecular complexity index is 633. The lowest BCUT2D eigenvalue weighted by Gasteiger charge is -2.11. The number of rotatable bonds is 2. The van der Waals surface area contributed by atoms with Gasteiger partial charge in [-0.2, -0.15) is 0 Å². The number of benzene rings is 1. The van der Waals surface area contributed by atoms with Gasteiger partial charge in [0.1, 0.15) is 6.33 Å². The lowest BCUT2D eigenvalue weighted by atomic mass is 10.0. The molecule has 3 nitrogen and oxygen atoms in total. The summed E-state index contributed by atoms with van der Waals surface area (Å²) in [6.45, 7) is 0. The average Bonchev–Trinajstić information content (AvgIpc) is 2.87. The molecule has 0 radical (unpaired) electrons. The van der Waals surface area contributed by atoms with Crippen LogP contribution in [0.3, 0.4) is 0 Å². The number of thiophene rings is 1. The van der Waals surface area contributed by atoms with Gasteiger partial charge in [-0.05, 0) is 28.5 Å². The second-order valence-corrected chi connectivity index (χ2v) is 4.71. The van der Waals surface area contributed by atoms with E-state index in [2.05, 4.69) is 33.5 Å². The molecule has 0 aliphatic rings. The summed E-state index contributed by atoms with van der Waals surface area (Å²) in [6, 6.07) is 9.96. The van der Waals surface area contributed by atoms with Crippen LogP contribution in [0, 0.1) is 0 Å². The fourth-order valence-electron chi connectivity index (χ4n) is 1.91. The minimum atomic E-state index is -0.194. The van der Waals surface area contributed by atoms with E-state index in [0.717, 1.165) is 11.3 Å². The molecule has 3 aromatic rings. The fraction of sp³-hybridized carbons (Fsp3) is 0.0769. The van der Waals surface area contributed by atoms with Crippen molar-refractivity contribution in [3.05, 3.63) is 59.5 Å². The zero-order valence-electron chi connectivity index (χ0n) is 9.08. The highest BCUT2D eigenvalue weighted by Crippen LogP contribution is 2.30. The molecule has 0 aliphatic heterocycles. The molecule has 17 heavy (non-hydrogen) atoms. The standard InChI is InChI=1S/C13H11N3S/c14-12(11-4-6-15-8-16-11)10-3-1-2-9-5-7-17-13(9)10/h1-8,12H,14H2. The van der Waals surface area contributed by atoms with Crippen LogP contribution < -0.4 is 5.73 Å². The van der Waals surface area contributed by atoms with Crippen LogP contribution in [0.2, 0.25) is 0 Å². The number of fused-ring (bicyclic) bond motifs is 1. The molecule has 1 atom stereocenters. The van der Waals surface area contributed by atoms with Crippen LogP contribution in [0.15, 0.2) is 48.2 Å². The molecule has 2 N–H and O–H groups in total. The normalized spacial score (nSPS) is 12.8. The summed E-state index contributed by atoms with van der Waals surface area (Å²) in [5.74, 6) is 0. The van der Waals surface area contributed by atoms with Gasteiger partial charge in [-0.3, -0.25) is 0 Å². The molecule has 0 aliphatic carbocycles. The van der Waals surface area contributed by atoms with Crippen LogP contribution in [0.5, 0.6) is 0 Å². The van der Waals surface area contributed by atoms with E-state index in [1.807, 2.05) is 12.1 Å². The average molecular weight is 241 g/mol. The first-order valence-electron chi connectivity index (χ1n) is 5.34. The second-order valence-electron chi connectivity index (χ2n) is 3.80. The van der Waals surface area contributed by atoms with Gasteiger partial charge >= 0.3 is 0 Å².